The smallest absolute Gasteiger partial charge is 0.244 e. The van der Waals surface area contributed by atoms with E-state index in [1.165, 1.54) is 22.3 Å². The van der Waals surface area contributed by atoms with Crippen molar-refractivity contribution in [1.82, 2.24) is 9.29 Å². The summed E-state index contributed by atoms with van der Waals surface area (Å²) < 4.78 is 26.3. The van der Waals surface area contributed by atoms with Gasteiger partial charge in [0.2, 0.25) is 10.0 Å². The van der Waals surface area contributed by atoms with Crippen molar-refractivity contribution in [2.75, 3.05) is 36.5 Å². The van der Waals surface area contributed by atoms with Crippen molar-refractivity contribution in [1.29, 1.82) is 0 Å². The molecule has 0 aliphatic carbocycles. The van der Waals surface area contributed by atoms with E-state index in [1.807, 2.05) is 26.0 Å². The van der Waals surface area contributed by atoms with Crippen LogP contribution in [0.4, 0.5) is 11.5 Å². The van der Waals surface area contributed by atoms with E-state index < -0.39 is 10.0 Å². The number of nitrogens with one attached hydrogen (secondary N) is 1. The fraction of sp³-hybridized carbons (Fsp3) is 0.400. The summed E-state index contributed by atoms with van der Waals surface area (Å²) >= 11 is 0. The lowest BCUT2D eigenvalue weighted by Crippen LogP contribution is -2.30. The highest BCUT2D eigenvalue weighted by molar-refractivity contribution is 7.89. The van der Waals surface area contributed by atoms with Crippen LogP contribution in [0.15, 0.2) is 52.6 Å². The number of aromatic nitrogens is 1. The second kappa shape index (κ2) is 10.2. The number of benzene rings is 1. The van der Waals surface area contributed by atoms with Gasteiger partial charge in [-0.05, 0) is 43.7 Å². The predicted molar refractivity (Wildman–Crippen MR) is 116 cm³/mol. The molecule has 0 saturated heterocycles. The van der Waals surface area contributed by atoms with Crippen LogP contribution in [-0.4, -0.2) is 50.1 Å². The van der Waals surface area contributed by atoms with E-state index in [4.69, 9.17) is 0 Å². The topological polar surface area (TPSA) is 77.9 Å². The minimum Gasteiger partial charge on any atom is -0.372 e. The van der Waals surface area contributed by atoms with E-state index in [2.05, 4.69) is 46.4 Å². The summed E-state index contributed by atoms with van der Waals surface area (Å²) in [6, 6.07) is 11.3. The lowest BCUT2D eigenvalue weighted by atomic mass is 10.2. The summed E-state index contributed by atoms with van der Waals surface area (Å²) in [5, 5.41) is 4.18. The Kier molecular flexibility index (Phi) is 7.95. The zero-order valence-electron chi connectivity index (χ0n) is 17.0. The fourth-order valence-electron chi connectivity index (χ4n) is 2.84. The normalized spacial score (nSPS) is 11.9. The molecule has 0 spiro atoms. The number of hydrogen-bond acceptors (Lipinski definition) is 6. The highest BCUT2D eigenvalue weighted by atomic mass is 32.2. The number of pyridine rings is 1. The Balaban J connectivity index is 2.01. The van der Waals surface area contributed by atoms with Gasteiger partial charge in [-0.1, -0.05) is 26.0 Å². The molecule has 2 aromatic rings. The molecule has 0 bridgehead atoms. The molecule has 0 fully saturated rings. The van der Waals surface area contributed by atoms with Gasteiger partial charge in [-0.2, -0.15) is 9.41 Å². The van der Waals surface area contributed by atoms with Crippen molar-refractivity contribution >= 4 is 27.7 Å². The highest BCUT2D eigenvalue weighted by Gasteiger charge is 2.21. The number of hydrazone groups is 1. The number of anilines is 2. The summed E-state index contributed by atoms with van der Waals surface area (Å²) in [5.74, 6) is 0.481. The average molecular weight is 404 g/mol. The predicted octanol–water partition coefficient (Wildman–Crippen LogP) is 3.40. The van der Waals surface area contributed by atoms with Crippen LogP contribution < -0.4 is 10.3 Å². The maximum Gasteiger partial charge on any atom is 0.244 e. The lowest BCUT2D eigenvalue weighted by Gasteiger charge is -2.20. The first-order chi connectivity index (χ1) is 13.5. The van der Waals surface area contributed by atoms with Gasteiger partial charge in [0.1, 0.15) is 10.7 Å². The monoisotopic (exact) mass is 403 g/mol. The largest absolute Gasteiger partial charge is 0.372 e. The molecule has 8 heteroatoms. The van der Waals surface area contributed by atoms with Crippen molar-refractivity contribution < 1.29 is 8.42 Å². The second-order valence-corrected chi connectivity index (χ2v) is 8.04. The molecule has 0 amide bonds. The van der Waals surface area contributed by atoms with Gasteiger partial charge >= 0.3 is 0 Å². The Labute approximate surface area is 168 Å². The first-order valence-corrected chi connectivity index (χ1v) is 11.0. The number of hydrogen-bond donors (Lipinski definition) is 1. The summed E-state index contributed by atoms with van der Waals surface area (Å²) in [6.45, 7) is 10.7. The summed E-state index contributed by atoms with van der Waals surface area (Å²) in [6.07, 6.45) is 3.05. The lowest BCUT2D eigenvalue weighted by molar-refractivity contribution is 0.445. The Morgan fingerprint density at radius 2 is 1.61 bits per heavy atom. The first kappa shape index (κ1) is 21.8. The van der Waals surface area contributed by atoms with Crippen LogP contribution in [0.2, 0.25) is 0 Å². The van der Waals surface area contributed by atoms with Crippen molar-refractivity contribution in [3.05, 3.63) is 48.2 Å². The van der Waals surface area contributed by atoms with E-state index in [0.717, 1.165) is 18.7 Å². The van der Waals surface area contributed by atoms with E-state index in [1.54, 1.807) is 12.3 Å². The zero-order chi connectivity index (χ0) is 20.6. The summed E-state index contributed by atoms with van der Waals surface area (Å²) in [4.78, 5) is 6.60. The molecule has 1 N–H and O–H groups in total. The van der Waals surface area contributed by atoms with Crippen molar-refractivity contribution in [3.63, 3.8) is 0 Å². The van der Waals surface area contributed by atoms with E-state index in [9.17, 15) is 8.42 Å². The molecule has 0 unspecified atom stereocenters. The molecule has 0 saturated carbocycles. The first-order valence-electron chi connectivity index (χ1n) is 9.56. The van der Waals surface area contributed by atoms with Gasteiger partial charge < -0.3 is 4.90 Å². The Morgan fingerprint density at radius 1 is 0.964 bits per heavy atom. The molecular weight excluding hydrogens is 374 g/mol. The van der Waals surface area contributed by atoms with Crippen LogP contribution in [0.3, 0.4) is 0 Å². The third kappa shape index (κ3) is 5.30. The molecule has 2 rings (SSSR count). The molecule has 0 aliphatic heterocycles. The summed E-state index contributed by atoms with van der Waals surface area (Å²) in [7, 11) is -3.50. The molecular formula is C20H29N5O2S. The number of sulfonamides is 1. The molecule has 0 aliphatic rings. The molecule has 28 heavy (non-hydrogen) atoms. The van der Waals surface area contributed by atoms with Crippen LogP contribution in [0.1, 0.15) is 33.3 Å². The Hall–Kier alpha value is -2.45. The van der Waals surface area contributed by atoms with Gasteiger partial charge in [0.05, 0.1) is 6.21 Å². The molecule has 152 valence electrons. The minimum atomic E-state index is -3.50. The van der Waals surface area contributed by atoms with Gasteiger partial charge in [-0.3, -0.25) is 5.43 Å². The maximum atomic E-state index is 12.5. The minimum absolute atomic E-state index is 0.178. The van der Waals surface area contributed by atoms with E-state index in [-0.39, 0.29) is 4.90 Å². The summed E-state index contributed by atoms with van der Waals surface area (Å²) in [5.41, 5.74) is 4.97. The second-order valence-electron chi connectivity index (χ2n) is 6.10. The third-order valence-corrected chi connectivity index (χ3v) is 6.53. The molecule has 0 atom stereocenters. The van der Waals surface area contributed by atoms with Crippen molar-refractivity contribution in [3.8, 4) is 0 Å². The number of rotatable bonds is 10. The standard InChI is InChI=1S/C20H29N5O2S/c1-5-24(6-2)18-11-9-17(10-12-18)15-22-23-20-14-13-19(16-21-20)28(26,27)25(7-3)8-4/h9-16H,5-8H2,1-4H3,(H,21,23)/b22-15+. The van der Waals surface area contributed by atoms with Crippen LogP contribution in [0.25, 0.3) is 0 Å². The van der Waals surface area contributed by atoms with Crippen LogP contribution >= 0.6 is 0 Å². The van der Waals surface area contributed by atoms with Gasteiger partial charge in [0.15, 0.2) is 0 Å². The van der Waals surface area contributed by atoms with Crippen LogP contribution in [0.5, 0.6) is 0 Å². The van der Waals surface area contributed by atoms with Gasteiger partial charge in [0.25, 0.3) is 0 Å². The van der Waals surface area contributed by atoms with E-state index in [0.29, 0.717) is 18.9 Å². The van der Waals surface area contributed by atoms with Crippen LogP contribution in [-0.2, 0) is 10.0 Å². The molecule has 1 heterocycles. The quantitative estimate of drug-likeness (QED) is 0.486. The maximum absolute atomic E-state index is 12.5. The van der Waals surface area contributed by atoms with Crippen molar-refractivity contribution in [2.45, 2.75) is 32.6 Å². The number of nitrogens with zero attached hydrogens (tertiary/aromatic N) is 4. The Morgan fingerprint density at radius 3 is 2.11 bits per heavy atom. The fourth-order valence-corrected chi connectivity index (χ4v) is 4.25. The molecule has 1 aromatic carbocycles. The van der Waals surface area contributed by atoms with E-state index >= 15 is 0 Å². The van der Waals surface area contributed by atoms with Gasteiger partial charge in [-0.25, -0.2) is 13.4 Å². The highest BCUT2D eigenvalue weighted by Crippen LogP contribution is 2.16. The molecule has 1 aromatic heterocycles. The van der Waals surface area contributed by atoms with Crippen molar-refractivity contribution in [2.24, 2.45) is 5.10 Å². The Bertz CT molecular complexity index is 856. The average Bonchev–Trinajstić information content (AvgIpc) is 2.71. The van der Waals surface area contributed by atoms with Gasteiger partial charge in [-0.15, -0.1) is 0 Å². The molecule has 7 nitrogen and oxygen atoms in total. The van der Waals surface area contributed by atoms with Crippen LogP contribution in [0, 0.1) is 0 Å². The SMILES string of the molecule is CCN(CC)c1ccc(/C=N/Nc2ccc(S(=O)(=O)N(CC)CC)cn2)cc1. The zero-order valence-corrected chi connectivity index (χ0v) is 17.8. The third-order valence-electron chi connectivity index (χ3n) is 4.49. The van der Waals surface area contributed by atoms with Gasteiger partial charge in [0, 0.05) is 38.1 Å². The molecule has 0 radical (unpaired) electrons.